The molecule has 0 unspecified atom stereocenters. The van der Waals surface area contributed by atoms with Gasteiger partial charge in [0.1, 0.15) is 0 Å². The van der Waals surface area contributed by atoms with E-state index >= 15 is 0 Å². The SMILES string of the molecule is CCCSc1ccc(N)c(NC(=O)OCC(C)C)c1. The topological polar surface area (TPSA) is 64.3 Å². The number of anilines is 2. The molecule has 0 aliphatic carbocycles. The molecular formula is C14H22N2O2S. The number of carbonyl (C=O) groups excluding carboxylic acids is 1. The summed E-state index contributed by atoms with van der Waals surface area (Å²) in [7, 11) is 0. The monoisotopic (exact) mass is 282 g/mol. The van der Waals surface area contributed by atoms with Crippen LogP contribution in [-0.4, -0.2) is 18.5 Å². The van der Waals surface area contributed by atoms with Crippen molar-refractivity contribution in [1.29, 1.82) is 0 Å². The van der Waals surface area contributed by atoms with Gasteiger partial charge in [-0.3, -0.25) is 5.32 Å². The average molecular weight is 282 g/mol. The summed E-state index contributed by atoms with van der Waals surface area (Å²) in [4.78, 5) is 12.7. The van der Waals surface area contributed by atoms with Gasteiger partial charge in [0, 0.05) is 4.90 Å². The summed E-state index contributed by atoms with van der Waals surface area (Å²) in [5, 5.41) is 2.68. The molecule has 106 valence electrons. The fourth-order valence-corrected chi connectivity index (χ4v) is 2.15. The lowest BCUT2D eigenvalue weighted by atomic mass is 10.2. The van der Waals surface area contributed by atoms with Gasteiger partial charge in [0.25, 0.3) is 0 Å². The van der Waals surface area contributed by atoms with Gasteiger partial charge in [-0.2, -0.15) is 0 Å². The highest BCUT2D eigenvalue weighted by Gasteiger charge is 2.08. The van der Waals surface area contributed by atoms with Crippen molar-refractivity contribution < 1.29 is 9.53 Å². The third-order valence-corrected chi connectivity index (χ3v) is 3.48. The molecule has 0 bridgehead atoms. The molecule has 0 radical (unpaired) electrons. The summed E-state index contributed by atoms with van der Waals surface area (Å²) in [6.07, 6.45) is 0.645. The quantitative estimate of drug-likeness (QED) is 0.612. The Kier molecular flexibility index (Phi) is 6.56. The number of benzene rings is 1. The highest BCUT2D eigenvalue weighted by atomic mass is 32.2. The summed E-state index contributed by atoms with van der Waals surface area (Å²) in [6.45, 7) is 6.51. The Morgan fingerprint density at radius 1 is 1.47 bits per heavy atom. The van der Waals surface area contributed by atoms with Crippen molar-refractivity contribution in [3.8, 4) is 0 Å². The van der Waals surface area contributed by atoms with Crippen LogP contribution in [0.25, 0.3) is 0 Å². The molecule has 5 heteroatoms. The van der Waals surface area contributed by atoms with Crippen molar-refractivity contribution in [2.45, 2.75) is 32.1 Å². The van der Waals surface area contributed by atoms with E-state index in [9.17, 15) is 4.79 Å². The van der Waals surface area contributed by atoms with Crippen LogP contribution < -0.4 is 11.1 Å². The van der Waals surface area contributed by atoms with E-state index in [-0.39, 0.29) is 0 Å². The lowest BCUT2D eigenvalue weighted by Crippen LogP contribution is -2.17. The molecule has 0 spiro atoms. The lowest BCUT2D eigenvalue weighted by molar-refractivity contribution is 0.147. The molecule has 0 saturated heterocycles. The van der Waals surface area contributed by atoms with Crippen molar-refractivity contribution in [3.05, 3.63) is 18.2 Å². The molecule has 1 aromatic rings. The minimum absolute atomic E-state index is 0.314. The Hall–Kier alpha value is -1.36. The molecule has 19 heavy (non-hydrogen) atoms. The zero-order valence-electron chi connectivity index (χ0n) is 11.7. The van der Waals surface area contributed by atoms with E-state index in [1.54, 1.807) is 17.8 Å². The normalized spacial score (nSPS) is 10.5. The number of nitrogen functional groups attached to an aromatic ring is 1. The number of nitrogens with two attached hydrogens (primary N) is 1. The number of carbonyl (C=O) groups is 1. The maximum absolute atomic E-state index is 11.6. The molecule has 0 heterocycles. The molecule has 0 aliphatic rings. The molecule has 1 amide bonds. The molecule has 0 aromatic heterocycles. The number of rotatable bonds is 6. The summed E-state index contributed by atoms with van der Waals surface area (Å²) in [5.74, 6) is 1.36. The molecule has 0 aliphatic heterocycles. The van der Waals surface area contributed by atoms with Gasteiger partial charge in [0.15, 0.2) is 0 Å². The van der Waals surface area contributed by atoms with Crippen LogP contribution in [-0.2, 0) is 4.74 Å². The molecule has 0 saturated carbocycles. The van der Waals surface area contributed by atoms with E-state index in [1.807, 2.05) is 26.0 Å². The van der Waals surface area contributed by atoms with Gasteiger partial charge in [0.05, 0.1) is 18.0 Å². The van der Waals surface area contributed by atoms with Crippen molar-refractivity contribution in [3.63, 3.8) is 0 Å². The standard InChI is InChI=1S/C14H22N2O2S/c1-4-7-19-11-5-6-12(15)13(8-11)16-14(17)18-9-10(2)3/h5-6,8,10H,4,7,9,15H2,1-3H3,(H,16,17). The highest BCUT2D eigenvalue weighted by Crippen LogP contribution is 2.27. The predicted molar refractivity (Wildman–Crippen MR) is 81.7 cm³/mol. The van der Waals surface area contributed by atoms with Crippen molar-refractivity contribution in [1.82, 2.24) is 0 Å². The zero-order chi connectivity index (χ0) is 14.3. The number of hydrogen-bond acceptors (Lipinski definition) is 4. The molecule has 3 N–H and O–H groups in total. The second kappa shape index (κ2) is 7.94. The Bertz CT molecular complexity index is 422. The largest absolute Gasteiger partial charge is 0.449 e. The Morgan fingerprint density at radius 2 is 2.21 bits per heavy atom. The van der Waals surface area contributed by atoms with Crippen LogP contribution in [0.5, 0.6) is 0 Å². The number of nitrogens with one attached hydrogen (secondary N) is 1. The molecule has 4 nitrogen and oxygen atoms in total. The molecule has 1 rings (SSSR count). The van der Waals surface area contributed by atoms with Crippen molar-refractivity contribution >= 4 is 29.2 Å². The van der Waals surface area contributed by atoms with Gasteiger partial charge in [-0.15, -0.1) is 11.8 Å². The summed E-state index contributed by atoms with van der Waals surface area (Å²) in [5.41, 5.74) is 6.99. The minimum atomic E-state index is -0.460. The van der Waals surface area contributed by atoms with E-state index in [4.69, 9.17) is 10.5 Å². The third kappa shape index (κ3) is 5.87. The molecular weight excluding hydrogens is 260 g/mol. The second-order valence-corrected chi connectivity index (χ2v) is 5.88. The fraction of sp³-hybridized carbons (Fsp3) is 0.500. The predicted octanol–water partition coefficient (Wildman–Crippen LogP) is 3.98. The molecule has 1 aromatic carbocycles. The van der Waals surface area contributed by atoms with Crippen molar-refractivity contribution in [2.24, 2.45) is 5.92 Å². The summed E-state index contributed by atoms with van der Waals surface area (Å²) in [6, 6.07) is 5.64. The lowest BCUT2D eigenvalue weighted by Gasteiger charge is -2.11. The van der Waals surface area contributed by atoms with E-state index in [0.717, 1.165) is 17.1 Å². The van der Waals surface area contributed by atoms with Crippen LogP contribution in [0.3, 0.4) is 0 Å². The number of ether oxygens (including phenoxy) is 1. The van der Waals surface area contributed by atoms with Gasteiger partial charge in [-0.05, 0) is 36.3 Å². The number of hydrogen-bond donors (Lipinski definition) is 2. The summed E-state index contributed by atoms with van der Waals surface area (Å²) >= 11 is 1.74. The zero-order valence-corrected chi connectivity index (χ0v) is 12.5. The van der Waals surface area contributed by atoms with Gasteiger partial charge in [-0.25, -0.2) is 4.79 Å². The van der Waals surface area contributed by atoms with Crippen LogP contribution in [0.4, 0.5) is 16.2 Å². The van der Waals surface area contributed by atoms with Gasteiger partial charge < -0.3 is 10.5 Å². The first-order valence-corrected chi connectivity index (χ1v) is 7.47. The number of amides is 1. The molecule has 0 fully saturated rings. The maximum atomic E-state index is 11.6. The maximum Gasteiger partial charge on any atom is 0.411 e. The Balaban J connectivity index is 2.63. The van der Waals surface area contributed by atoms with Gasteiger partial charge >= 0.3 is 6.09 Å². The van der Waals surface area contributed by atoms with Gasteiger partial charge in [-0.1, -0.05) is 20.8 Å². The van der Waals surface area contributed by atoms with Crippen LogP contribution in [0, 0.1) is 5.92 Å². The van der Waals surface area contributed by atoms with Gasteiger partial charge in [0.2, 0.25) is 0 Å². The van der Waals surface area contributed by atoms with Crippen LogP contribution in [0.1, 0.15) is 27.2 Å². The Labute approximate surface area is 119 Å². The average Bonchev–Trinajstić information content (AvgIpc) is 2.37. The van der Waals surface area contributed by atoms with E-state index in [2.05, 4.69) is 12.2 Å². The fourth-order valence-electron chi connectivity index (χ4n) is 1.34. The van der Waals surface area contributed by atoms with Crippen LogP contribution >= 0.6 is 11.8 Å². The number of thioether (sulfide) groups is 1. The second-order valence-electron chi connectivity index (χ2n) is 4.71. The van der Waals surface area contributed by atoms with E-state index in [0.29, 0.717) is 23.9 Å². The first-order valence-electron chi connectivity index (χ1n) is 6.49. The molecule has 0 atom stereocenters. The van der Waals surface area contributed by atoms with Crippen LogP contribution in [0.2, 0.25) is 0 Å². The Morgan fingerprint density at radius 3 is 2.84 bits per heavy atom. The van der Waals surface area contributed by atoms with E-state index < -0.39 is 6.09 Å². The first-order chi connectivity index (χ1) is 9.02. The third-order valence-electron chi connectivity index (χ3n) is 2.28. The highest BCUT2D eigenvalue weighted by molar-refractivity contribution is 7.99. The van der Waals surface area contributed by atoms with Crippen molar-refractivity contribution in [2.75, 3.05) is 23.4 Å². The minimum Gasteiger partial charge on any atom is -0.449 e. The van der Waals surface area contributed by atoms with Crippen LogP contribution in [0.15, 0.2) is 23.1 Å². The first kappa shape index (κ1) is 15.7. The summed E-state index contributed by atoms with van der Waals surface area (Å²) < 4.78 is 5.07. The van der Waals surface area contributed by atoms with E-state index in [1.165, 1.54) is 0 Å². The smallest absolute Gasteiger partial charge is 0.411 e.